The molecule has 1 aliphatic rings. The number of piperazine rings is 1. The molecule has 2 aromatic carbocycles. The lowest BCUT2D eigenvalue weighted by molar-refractivity contribution is 0.390. The van der Waals surface area contributed by atoms with Gasteiger partial charge in [-0.3, -0.25) is 0 Å². The number of benzene rings is 2. The molecule has 0 amide bonds. The van der Waals surface area contributed by atoms with Crippen molar-refractivity contribution in [2.75, 3.05) is 36.4 Å². The van der Waals surface area contributed by atoms with Gasteiger partial charge in [-0.25, -0.2) is 13.6 Å². The van der Waals surface area contributed by atoms with E-state index in [9.17, 15) is 8.42 Å². The van der Waals surface area contributed by atoms with Crippen LogP contribution in [-0.4, -0.2) is 44.6 Å². The SMILES string of the molecule is Cc1cccc(N2CCN(C(=S)Nc3ccc(S(N)(=O)=O)cc3)CC2)c1C. The summed E-state index contributed by atoms with van der Waals surface area (Å²) in [4.78, 5) is 4.61. The highest BCUT2D eigenvalue weighted by molar-refractivity contribution is 7.89. The molecule has 0 saturated carbocycles. The van der Waals surface area contributed by atoms with Crippen molar-refractivity contribution in [3.05, 3.63) is 53.6 Å². The Labute approximate surface area is 166 Å². The average molecular weight is 405 g/mol. The van der Waals surface area contributed by atoms with E-state index in [1.165, 1.54) is 28.9 Å². The van der Waals surface area contributed by atoms with Gasteiger partial charge in [0, 0.05) is 37.6 Å². The fraction of sp³-hybridized carbons (Fsp3) is 0.316. The Hall–Kier alpha value is -2.16. The van der Waals surface area contributed by atoms with Crippen LogP contribution in [0.25, 0.3) is 0 Å². The van der Waals surface area contributed by atoms with Crippen molar-refractivity contribution < 1.29 is 8.42 Å². The number of sulfonamides is 1. The van der Waals surface area contributed by atoms with Crippen LogP contribution in [-0.2, 0) is 10.0 Å². The van der Waals surface area contributed by atoms with Crippen molar-refractivity contribution in [1.82, 2.24) is 4.90 Å². The van der Waals surface area contributed by atoms with E-state index < -0.39 is 10.0 Å². The van der Waals surface area contributed by atoms with Crippen LogP contribution in [0.1, 0.15) is 11.1 Å². The smallest absolute Gasteiger partial charge is 0.238 e. The van der Waals surface area contributed by atoms with E-state index in [4.69, 9.17) is 17.4 Å². The number of rotatable bonds is 3. The number of nitrogens with two attached hydrogens (primary N) is 1. The van der Waals surface area contributed by atoms with E-state index in [1.54, 1.807) is 12.1 Å². The lowest BCUT2D eigenvalue weighted by atomic mass is 10.1. The van der Waals surface area contributed by atoms with E-state index in [0.29, 0.717) is 5.11 Å². The number of thiocarbonyl (C=S) groups is 1. The normalized spacial score (nSPS) is 14.9. The molecule has 0 bridgehead atoms. The molecule has 8 heteroatoms. The lowest BCUT2D eigenvalue weighted by Gasteiger charge is -2.38. The third-order valence-corrected chi connectivity index (χ3v) is 6.21. The van der Waals surface area contributed by atoms with Gasteiger partial charge in [-0.15, -0.1) is 0 Å². The van der Waals surface area contributed by atoms with Gasteiger partial charge in [-0.2, -0.15) is 0 Å². The predicted octanol–water partition coefficient (Wildman–Crippen LogP) is 2.47. The zero-order chi connectivity index (χ0) is 19.6. The predicted molar refractivity (Wildman–Crippen MR) is 114 cm³/mol. The third kappa shape index (κ3) is 4.58. The Kier molecular flexibility index (Phi) is 5.69. The highest BCUT2D eigenvalue weighted by atomic mass is 32.2. The van der Waals surface area contributed by atoms with Gasteiger partial charge in [0.25, 0.3) is 0 Å². The standard InChI is InChI=1S/C19H24N4O2S2/c1-14-4-3-5-18(15(14)2)22-10-12-23(13-11-22)19(26)21-16-6-8-17(9-7-16)27(20,24)25/h3-9H,10-13H2,1-2H3,(H,21,26)(H2,20,24,25). The molecule has 6 nitrogen and oxygen atoms in total. The fourth-order valence-corrected chi connectivity index (χ4v) is 3.97. The number of nitrogens with one attached hydrogen (secondary N) is 1. The minimum Gasteiger partial charge on any atom is -0.368 e. The van der Waals surface area contributed by atoms with Crippen molar-refractivity contribution >= 4 is 38.7 Å². The number of nitrogens with zero attached hydrogens (tertiary/aromatic N) is 2. The van der Waals surface area contributed by atoms with Crippen molar-refractivity contribution in [3.8, 4) is 0 Å². The number of hydrogen-bond acceptors (Lipinski definition) is 4. The van der Waals surface area contributed by atoms with Crippen LogP contribution in [0.4, 0.5) is 11.4 Å². The Morgan fingerprint density at radius 3 is 2.26 bits per heavy atom. The molecule has 0 spiro atoms. The van der Waals surface area contributed by atoms with E-state index in [2.05, 4.69) is 47.2 Å². The van der Waals surface area contributed by atoms with Gasteiger partial charge >= 0.3 is 0 Å². The molecule has 0 unspecified atom stereocenters. The molecular weight excluding hydrogens is 380 g/mol. The average Bonchev–Trinajstić information content (AvgIpc) is 2.64. The van der Waals surface area contributed by atoms with Crippen LogP contribution < -0.4 is 15.4 Å². The van der Waals surface area contributed by atoms with E-state index in [1.807, 2.05) is 0 Å². The number of anilines is 2. The number of aryl methyl sites for hydroxylation is 1. The highest BCUT2D eigenvalue weighted by Crippen LogP contribution is 2.24. The second kappa shape index (κ2) is 7.84. The zero-order valence-electron chi connectivity index (χ0n) is 15.5. The second-order valence-corrected chi connectivity index (χ2v) is 8.64. The van der Waals surface area contributed by atoms with Crippen LogP contribution in [0, 0.1) is 13.8 Å². The lowest BCUT2D eigenvalue weighted by Crippen LogP contribution is -2.50. The van der Waals surface area contributed by atoms with Crippen molar-refractivity contribution in [1.29, 1.82) is 0 Å². The van der Waals surface area contributed by atoms with E-state index >= 15 is 0 Å². The van der Waals surface area contributed by atoms with Crippen molar-refractivity contribution in [2.24, 2.45) is 5.14 Å². The minimum atomic E-state index is -3.68. The molecule has 144 valence electrons. The first-order valence-corrected chi connectivity index (χ1v) is 10.7. The summed E-state index contributed by atoms with van der Waals surface area (Å²) >= 11 is 5.52. The summed E-state index contributed by atoms with van der Waals surface area (Å²) in [5.74, 6) is 0. The summed E-state index contributed by atoms with van der Waals surface area (Å²) in [6, 6.07) is 12.7. The molecule has 1 heterocycles. The van der Waals surface area contributed by atoms with Crippen LogP contribution in [0.3, 0.4) is 0 Å². The summed E-state index contributed by atoms with van der Waals surface area (Å²) in [6.07, 6.45) is 0. The van der Waals surface area contributed by atoms with Crippen molar-refractivity contribution in [3.63, 3.8) is 0 Å². The van der Waals surface area contributed by atoms with Crippen LogP contribution in [0.5, 0.6) is 0 Å². The molecule has 3 N–H and O–H groups in total. The maximum absolute atomic E-state index is 11.3. The molecule has 0 aliphatic carbocycles. The maximum Gasteiger partial charge on any atom is 0.238 e. The monoisotopic (exact) mass is 404 g/mol. The summed E-state index contributed by atoms with van der Waals surface area (Å²) in [5.41, 5.74) is 4.65. The van der Waals surface area contributed by atoms with Gasteiger partial charge in [0.15, 0.2) is 5.11 Å². The first-order chi connectivity index (χ1) is 12.8. The largest absolute Gasteiger partial charge is 0.368 e. The Bertz CT molecular complexity index is 935. The van der Waals surface area contributed by atoms with Gasteiger partial charge in [0.1, 0.15) is 0 Å². The van der Waals surface area contributed by atoms with Crippen LogP contribution in [0.2, 0.25) is 0 Å². The topological polar surface area (TPSA) is 78.7 Å². The first kappa shape index (κ1) is 19.6. The molecular formula is C19H24N4O2S2. The van der Waals surface area contributed by atoms with Gasteiger partial charge < -0.3 is 15.1 Å². The number of hydrogen-bond donors (Lipinski definition) is 2. The summed E-state index contributed by atoms with van der Waals surface area (Å²) in [5, 5.41) is 8.93. The summed E-state index contributed by atoms with van der Waals surface area (Å²) in [6.45, 7) is 7.75. The molecule has 27 heavy (non-hydrogen) atoms. The van der Waals surface area contributed by atoms with Crippen LogP contribution in [0.15, 0.2) is 47.4 Å². The molecule has 2 aromatic rings. The summed E-state index contributed by atoms with van der Waals surface area (Å²) < 4.78 is 22.7. The van der Waals surface area contributed by atoms with Gasteiger partial charge in [0.05, 0.1) is 4.90 Å². The van der Waals surface area contributed by atoms with Gasteiger partial charge in [0.2, 0.25) is 10.0 Å². The minimum absolute atomic E-state index is 0.0844. The molecule has 1 saturated heterocycles. The Morgan fingerprint density at radius 1 is 1.04 bits per heavy atom. The maximum atomic E-state index is 11.3. The molecule has 0 radical (unpaired) electrons. The second-order valence-electron chi connectivity index (χ2n) is 6.69. The molecule has 1 aliphatic heterocycles. The van der Waals surface area contributed by atoms with Crippen LogP contribution >= 0.6 is 12.2 Å². The molecule has 0 atom stereocenters. The van der Waals surface area contributed by atoms with Crippen molar-refractivity contribution in [2.45, 2.75) is 18.7 Å². The quantitative estimate of drug-likeness (QED) is 0.765. The zero-order valence-corrected chi connectivity index (χ0v) is 17.1. The first-order valence-electron chi connectivity index (χ1n) is 8.75. The molecule has 1 fully saturated rings. The number of primary sulfonamides is 1. The Balaban J connectivity index is 1.59. The van der Waals surface area contributed by atoms with Gasteiger partial charge in [-0.05, 0) is 67.5 Å². The third-order valence-electron chi connectivity index (χ3n) is 4.92. The Morgan fingerprint density at radius 2 is 1.67 bits per heavy atom. The van der Waals surface area contributed by atoms with E-state index in [0.717, 1.165) is 31.9 Å². The molecule has 0 aromatic heterocycles. The molecule has 3 rings (SSSR count). The van der Waals surface area contributed by atoms with Gasteiger partial charge in [-0.1, -0.05) is 12.1 Å². The fourth-order valence-electron chi connectivity index (χ4n) is 3.16. The van der Waals surface area contributed by atoms with E-state index in [-0.39, 0.29) is 4.90 Å². The summed E-state index contributed by atoms with van der Waals surface area (Å²) in [7, 11) is -3.68. The highest BCUT2D eigenvalue weighted by Gasteiger charge is 2.20.